The van der Waals surface area contributed by atoms with Crippen LogP contribution in [0.2, 0.25) is 10.2 Å². The number of H-pyrrole nitrogens is 1. The molecule has 2 nitrogen and oxygen atoms in total. The summed E-state index contributed by atoms with van der Waals surface area (Å²) in [6, 6.07) is 2.47. The van der Waals surface area contributed by atoms with E-state index in [9.17, 15) is 4.39 Å². The highest BCUT2D eigenvalue weighted by molar-refractivity contribution is 6.41. The Kier molecular flexibility index (Phi) is 1.70. The smallest absolute Gasteiger partial charge is 0.133 e. The fourth-order valence-electron chi connectivity index (χ4n) is 1.03. The highest BCUT2D eigenvalue weighted by Gasteiger charge is 2.08. The molecule has 0 spiro atoms. The predicted octanol–water partition coefficient (Wildman–Crippen LogP) is 3.01. The van der Waals surface area contributed by atoms with Crippen LogP contribution in [0.5, 0.6) is 0 Å². The van der Waals surface area contributed by atoms with E-state index in [1.54, 1.807) is 0 Å². The molecule has 2 aromatic rings. The second kappa shape index (κ2) is 2.61. The van der Waals surface area contributed by atoms with E-state index in [2.05, 4.69) is 10.2 Å². The van der Waals surface area contributed by atoms with Gasteiger partial charge in [-0.25, -0.2) is 4.39 Å². The molecule has 0 amide bonds. The van der Waals surface area contributed by atoms with Gasteiger partial charge in [-0.2, -0.15) is 5.10 Å². The first-order valence-electron chi connectivity index (χ1n) is 3.17. The average Bonchev–Trinajstić information content (AvgIpc) is 2.31. The summed E-state index contributed by atoms with van der Waals surface area (Å²) in [5.41, 5.74) is 0.435. The zero-order chi connectivity index (χ0) is 8.72. The SMILES string of the molecule is Fc1cc(Cl)c2c(Cl)[nH]nc2c1. The standard InChI is InChI=1S/C7H3Cl2FN2/c8-4-1-3(10)2-5-6(4)7(9)12-11-5/h1-2H,(H,11,12). The summed E-state index contributed by atoms with van der Waals surface area (Å²) >= 11 is 11.4. The number of rotatable bonds is 0. The minimum atomic E-state index is -0.421. The van der Waals surface area contributed by atoms with Crippen LogP contribution < -0.4 is 0 Å². The fraction of sp³-hybridized carbons (Fsp3) is 0. The van der Waals surface area contributed by atoms with Crippen molar-refractivity contribution in [3.05, 3.63) is 28.1 Å². The largest absolute Gasteiger partial charge is 0.266 e. The minimum absolute atomic E-state index is 0.267. The summed E-state index contributed by atoms with van der Waals surface area (Å²) in [5.74, 6) is -0.421. The lowest BCUT2D eigenvalue weighted by Gasteiger charge is -1.92. The van der Waals surface area contributed by atoms with Gasteiger partial charge in [-0.1, -0.05) is 23.2 Å². The van der Waals surface area contributed by atoms with Crippen molar-refractivity contribution in [1.29, 1.82) is 0 Å². The van der Waals surface area contributed by atoms with E-state index in [1.807, 2.05) is 0 Å². The number of hydrogen-bond acceptors (Lipinski definition) is 1. The first kappa shape index (κ1) is 7.83. The number of benzene rings is 1. The topological polar surface area (TPSA) is 28.7 Å². The normalized spacial score (nSPS) is 10.9. The second-order valence-electron chi connectivity index (χ2n) is 2.32. The highest BCUT2D eigenvalue weighted by Crippen LogP contribution is 2.28. The Morgan fingerprint density at radius 1 is 1.33 bits per heavy atom. The van der Waals surface area contributed by atoms with E-state index in [0.717, 1.165) is 0 Å². The predicted molar refractivity (Wildman–Crippen MR) is 46.1 cm³/mol. The molecule has 0 aliphatic rings. The summed E-state index contributed by atoms with van der Waals surface area (Å²) in [4.78, 5) is 0. The molecule has 0 atom stereocenters. The summed E-state index contributed by atoms with van der Waals surface area (Å²) < 4.78 is 12.7. The molecule has 1 heterocycles. The van der Waals surface area contributed by atoms with Crippen molar-refractivity contribution in [3.8, 4) is 0 Å². The van der Waals surface area contributed by atoms with Gasteiger partial charge >= 0.3 is 0 Å². The number of aromatic nitrogens is 2. The van der Waals surface area contributed by atoms with Gasteiger partial charge in [0.25, 0.3) is 0 Å². The van der Waals surface area contributed by atoms with Gasteiger partial charge in [0.1, 0.15) is 11.0 Å². The van der Waals surface area contributed by atoms with Gasteiger partial charge in [0.2, 0.25) is 0 Å². The molecular formula is C7H3Cl2FN2. The third-order valence-electron chi connectivity index (χ3n) is 1.53. The van der Waals surface area contributed by atoms with Crippen LogP contribution in [0.25, 0.3) is 10.9 Å². The van der Waals surface area contributed by atoms with E-state index in [0.29, 0.717) is 16.1 Å². The second-order valence-corrected chi connectivity index (χ2v) is 3.10. The first-order chi connectivity index (χ1) is 5.68. The molecule has 2 rings (SSSR count). The number of nitrogens with one attached hydrogen (secondary N) is 1. The molecular weight excluding hydrogens is 202 g/mol. The van der Waals surface area contributed by atoms with E-state index in [-0.39, 0.29) is 5.02 Å². The average molecular weight is 205 g/mol. The molecule has 62 valence electrons. The number of aromatic amines is 1. The van der Waals surface area contributed by atoms with Crippen molar-refractivity contribution in [2.24, 2.45) is 0 Å². The Bertz CT molecular complexity index is 438. The molecule has 0 aliphatic heterocycles. The lowest BCUT2D eigenvalue weighted by molar-refractivity contribution is 0.629. The van der Waals surface area contributed by atoms with Crippen LogP contribution in [0.4, 0.5) is 4.39 Å². The maximum Gasteiger partial charge on any atom is 0.133 e. The highest BCUT2D eigenvalue weighted by atomic mass is 35.5. The molecule has 1 aromatic heterocycles. The van der Waals surface area contributed by atoms with Crippen LogP contribution in [-0.2, 0) is 0 Å². The number of fused-ring (bicyclic) bond motifs is 1. The Balaban J connectivity index is 2.93. The summed E-state index contributed by atoms with van der Waals surface area (Å²) in [5, 5.41) is 7.42. The molecule has 0 saturated heterocycles. The summed E-state index contributed by atoms with van der Waals surface area (Å²) in [7, 11) is 0. The van der Waals surface area contributed by atoms with Gasteiger partial charge in [-0.05, 0) is 6.07 Å². The van der Waals surface area contributed by atoms with Gasteiger partial charge in [-0.3, -0.25) is 5.10 Å². The Morgan fingerprint density at radius 3 is 2.83 bits per heavy atom. The van der Waals surface area contributed by atoms with E-state index >= 15 is 0 Å². The minimum Gasteiger partial charge on any atom is -0.266 e. The van der Waals surface area contributed by atoms with Crippen molar-refractivity contribution in [3.63, 3.8) is 0 Å². The molecule has 0 aliphatic carbocycles. The quantitative estimate of drug-likeness (QED) is 0.703. The number of halogens is 3. The van der Waals surface area contributed by atoms with E-state index in [4.69, 9.17) is 23.2 Å². The summed E-state index contributed by atoms with van der Waals surface area (Å²) in [6.07, 6.45) is 0. The van der Waals surface area contributed by atoms with Crippen LogP contribution in [0, 0.1) is 5.82 Å². The van der Waals surface area contributed by atoms with E-state index in [1.165, 1.54) is 12.1 Å². The van der Waals surface area contributed by atoms with E-state index < -0.39 is 5.82 Å². The van der Waals surface area contributed by atoms with Gasteiger partial charge in [0.05, 0.1) is 15.9 Å². The maximum absolute atomic E-state index is 12.7. The molecule has 5 heteroatoms. The zero-order valence-electron chi connectivity index (χ0n) is 5.74. The maximum atomic E-state index is 12.7. The summed E-state index contributed by atoms with van der Waals surface area (Å²) in [6.45, 7) is 0. The van der Waals surface area contributed by atoms with Gasteiger partial charge < -0.3 is 0 Å². The van der Waals surface area contributed by atoms with Crippen molar-refractivity contribution >= 4 is 34.1 Å². The fourth-order valence-corrected chi connectivity index (χ4v) is 1.62. The lowest BCUT2D eigenvalue weighted by atomic mass is 10.2. The van der Waals surface area contributed by atoms with Crippen molar-refractivity contribution in [2.45, 2.75) is 0 Å². The lowest BCUT2D eigenvalue weighted by Crippen LogP contribution is -1.75. The molecule has 0 radical (unpaired) electrons. The molecule has 0 fully saturated rings. The van der Waals surface area contributed by atoms with Gasteiger partial charge in [0, 0.05) is 6.07 Å². The molecule has 1 N–H and O–H groups in total. The molecule has 0 saturated carbocycles. The van der Waals surface area contributed by atoms with Gasteiger partial charge in [-0.15, -0.1) is 0 Å². The Morgan fingerprint density at radius 2 is 2.08 bits per heavy atom. The molecule has 1 aromatic carbocycles. The van der Waals surface area contributed by atoms with Crippen LogP contribution >= 0.6 is 23.2 Å². The van der Waals surface area contributed by atoms with Crippen LogP contribution in [0.1, 0.15) is 0 Å². The first-order valence-corrected chi connectivity index (χ1v) is 3.92. The third-order valence-corrected chi connectivity index (χ3v) is 2.10. The van der Waals surface area contributed by atoms with Crippen LogP contribution in [0.3, 0.4) is 0 Å². The van der Waals surface area contributed by atoms with Crippen molar-refractivity contribution in [1.82, 2.24) is 10.2 Å². The van der Waals surface area contributed by atoms with Crippen molar-refractivity contribution in [2.75, 3.05) is 0 Å². The third kappa shape index (κ3) is 1.06. The van der Waals surface area contributed by atoms with Gasteiger partial charge in [0.15, 0.2) is 0 Å². The zero-order valence-corrected chi connectivity index (χ0v) is 7.25. The van der Waals surface area contributed by atoms with Crippen LogP contribution in [0.15, 0.2) is 12.1 Å². The van der Waals surface area contributed by atoms with Crippen LogP contribution in [-0.4, -0.2) is 10.2 Å². The number of nitrogens with zero attached hydrogens (tertiary/aromatic N) is 1. The monoisotopic (exact) mass is 204 g/mol. The molecule has 0 bridgehead atoms. The molecule has 12 heavy (non-hydrogen) atoms. The Hall–Kier alpha value is -0.800. The number of hydrogen-bond donors (Lipinski definition) is 1. The van der Waals surface area contributed by atoms with Crippen molar-refractivity contribution < 1.29 is 4.39 Å². The molecule has 0 unspecified atom stereocenters. The Labute approximate surface area is 77.3 Å².